The van der Waals surface area contributed by atoms with Gasteiger partial charge in [-0.25, -0.2) is 4.79 Å². The predicted molar refractivity (Wildman–Crippen MR) is 78.7 cm³/mol. The number of hydrogen-bond donors (Lipinski definition) is 3. The molecule has 0 radical (unpaired) electrons. The Morgan fingerprint density at radius 2 is 1.80 bits per heavy atom. The summed E-state index contributed by atoms with van der Waals surface area (Å²) in [6.45, 7) is 0. The van der Waals surface area contributed by atoms with Crippen LogP contribution < -0.4 is 11.2 Å². The van der Waals surface area contributed by atoms with E-state index >= 15 is 0 Å². The summed E-state index contributed by atoms with van der Waals surface area (Å²) in [5.74, 6) is 4.14. The number of benzene rings is 2. The Bertz CT molecular complexity index is 594. The minimum Gasteiger partial charge on any atom is -0.479 e. The molecule has 1 atom stereocenters. The Balaban J connectivity index is 2.19. The number of rotatable bonds is 5. The number of anilines is 1. The molecule has 20 heavy (non-hydrogen) atoms. The molecule has 1 unspecified atom stereocenters. The molecule has 0 saturated heterocycles. The van der Waals surface area contributed by atoms with Crippen molar-refractivity contribution in [3.63, 3.8) is 0 Å². The number of carbonyl (C=O) groups is 1. The van der Waals surface area contributed by atoms with Crippen molar-refractivity contribution < 1.29 is 9.90 Å². The summed E-state index contributed by atoms with van der Waals surface area (Å²) in [6, 6.07) is 15.4. The van der Waals surface area contributed by atoms with Crippen LogP contribution in [0, 0.1) is 0 Å². The van der Waals surface area contributed by atoms with Gasteiger partial charge >= 0.3 is 5.97 Å². The van der Waals surface area contributed by atoms with Gasteiger partial charge in [0.25, 0.3) is 0 Å². The summed E-state index contributed by atoms with van der Waals surface area (Å²) in [4.78, 5) is 11.4. The standard InChI is InChI=1S/C15H15N3O2/c16-17-10-11-6-8-13(9-7-11)18-14(15(19)20)12-4-2-1-3-5-12/h1-10,14,18H,16H2,(H,19,20). The smallest absolute Gasteiger partial charge is 0.330 e. The number of carboxylic acid groups (broad SMARTS) is 1. The number of hydrazone groups is 1. The predicted octanol–water partition coefficient (Wildman–Crippen LogP) is 2.22. The van der Waals surface area contributed by atoms with E-state index in [2.05, 4.69) is 10.4 Å². The third kappa shape index (κ3) is 3.35. The van der Waals surface area contributed by atoms with Crippen LogP contribution in [-0.2, 0) is 4.79 Å². The lowest BCUT2D eigenvalue weighted by atomic mass is 10.1. The Labute approximate surface area is 116 Å². The average Bonchev–Trinajstić information content (AvgIpc) is 2.47. The van der Waals surface area contributed by atoms with Crippen LogP contribution in [0.1, 0.15) is 17.2 Å². The largest absolute Gasteiger partial charge is 0.479 e. The quantitative estimate of drug-likeness (QED) is 0.441. The van der Waals surface area contributed by atoms with Gasteiger partial charge in [-0.2, -0.15) is 5.10 Å². The Morgan fingerprint density at radius 1 is 1.15 bits per heavy atom. The van der Waals surface area contributed by atoms with E-state index < -0.39 is 12.0 Å². The van der Waals surface area contributed by atoms with Gasteiger partial charge in [-0.3, -0.25) is 0 Å². The van der Waals surface area contributed by atoms with E-state index in [1.54, 1.807) is 24.3 Å². The lowest BCUT2D eigenvalue weighted by Crippen LogP contribution is -2.20. The molecule has 0 heterocycles. The first kappa shape index (κ1) is 13.6. The van der Waals surface area contributed by atoms with Crippen molar-refractivity contribution >= 4 is 17.9 Å². The summed E-state index contributed by atoms with van der Waals surface area (Å²) in [5.41, 5.74) is 2.27. The summed E-state index contributed by atoms with van der Waals surface area (Å²) < 4.78 is 0. The van der Waals surface area contributed by atoms with E-state index in [9.17, 15) is 9.90 Å². The van der Waals surface area contributed by atoms with Gasteiger partial charge in [0.05, 0.1) is 6.21 Å². The highest BCUT2D eigenvalue weighted by Gasteiger charge is 2.18. The van der Waals surface area contributed by atoms with E-state index in [-0.39, 0.29) is 0 Å². The third-order valence-electron chi connectivity index (χ3n) is 2.83. The molecule has 0 aromatic heterocycles. The van der Waals surface area contributed by atoms with Crippen molar-refractivity contribution in [3.8, 4) is 0 Å². The van der Waals surface area contributed by atoms with Gasteiger partial charge in [-0.15, -0.1) is 0 Å². The number of carboxylic acids is 1. The molecule has 0 aliphatic heterocycles. The lowest BCUT2D eigenvalue weighted by Gasteiger charge is -2.16. The van der Waals surface area contributed by atoms with E-state index in [4.69, 9.17) is 5.84 Å². The van der Waals surface area contributed by atoms with E-state index in [0.29, 0.717) is 5.56 Å². The number of hydrogen-bond acceptors (Lipinski definition) is 4. The van der Waals surface area contributed by atoms with Crippen molar-refractivity contribution in [2.75, 3.05) is 5.32 Å². The zero-order chi connectivity index (χ0) is 14.4. The number of nitrogens with one attached hydrogen (secondary N) is 1. The van der Waals surface area contributed by atoms with Gasteiger partial charge in [0.15, 0.2) is 6.04 Å². The second kappa shape index (κ2) is 6.38. The zero-order valence-electron chi connectivity index (χ0n) is 10.7. The molecule has 0 saturated carbocycles. The Kier molecular flexibility index (Phi) is 4.34. The molecule has 4 N–H and O–H groups in total. The Hall–Kier alpha value is -2.82. The van der Waals surface area contributed by atoms with Gasteiger partial charge < -0.3 is 16.3 Å². The third-order valence-corrected chi connectivity index (χ3v) is 2.83. The van der Waals surface area contributed by atoms with Gasteiger partial charge in [-0.1, -0.05) is 42.5 Å². The highest BCUT2D eigenvalue weighted by atomic mass is 16.4. The molecule has 0 spiro atoms. The molecule has 0 amide bonds. The molecule has 2 rings (SSSR count). The maximum absolute atomic E-state index is 11.4. The van der Waals surface area contributed by atoms with Crippen LogP contribution in [0.5, 0.6) is 0 Å². The second-order valence-corrected chi connectivity index (χ2v) is 4.23. The van der Waals surface area contributed by atoms with Gasteiger partial charge in [-0.05, 0) is 23.3 Å². The molecule has 102 valence electrons. The van der Waals surface area contributed by atoms with Gasteiger partial charge in [0, 0.05) is 5.69 Å². The molecule has 0 fully saturated rings. The second-order valence-electron chi connectivity index (χ2n) is 4.23. The van der Waals surface area contributed by atoms with Crippen LogP contribution >= 0.6 is 0 Å². The van der Waals surface area contributed by atoms with Crippen molar-refractivity contribution in [1.82, 2.24) is 0 Å². The number of nitrogens with zero attached hydrogens (tertiary/aromatic N) is 1. The minimum atomic E-state index is -0.927. The lowest BCUT2D eigenvalue weighted by molar-refractivity contribution is -0.138. The van der Waals surface area contributed by atoms with E-state index in [0.717, 1.165) is 11.3 Å². The highest BCUT2D eigenvalue weighted by Crippen LogP contribution is 2.20. The van der Waals surface area contributed by atoms with Crippen molar-refractivity contribution in [1.29, 1.82) is 0 Å². The average molecular weight is 269 g/mol. The van der Waals surface area contributed by atoms with Crippen LogP contribution in [0.3, 0.4) is 0 Å². The summed E-state index contributed by atoms with van der Waals surface area (Å²) in [5, 5.41) is 15.7. The van der Waals surface area contributed by atoms with Gasteiger partial charge in [0.2, 0.25) is 0 Å². The topological polar surface area (TPSA) is 87.7 Å². The molecule has 5 nitrogen and oxygen atoms in total. The van der Waals surface area contributed by atoms with E-state index in [1.807, 2.05) is 30.3 Å². The molecule has 0 aliphatic rings. The minimum absolute atomic E-state index is 0.701. The van der Waals surface area contributed by atoms with Crippen LogP contribution in [0.4, 0.5) is 5.69 Å². The first-order valence-corrected chi connectivity index (χ1v) is 6.08. The SMILES string of the molecule is NN=Cc1ccc(NC(C(=O)O)c2ccccc2)cc1. The fourth-order valence-corrected chi connectivity index (χ4v) is 1.85. The summed E-state index contributed by atoms with van der Waals surface area (Å²) in [7, 11) is 0. The monoisotopic (exact) mass is 269 g/mol. The number of aliphatic carboxylic acids is 1. The fourth-order valence-electron chi connectivity index (χ4n) is 1.85. The highest BCUT2D eigenvalue weighted by molar-refractivity contribution is 5.81. The summed E-state index contributed by atoms with van der Waals surface area (Å²) in [6.07, 6.45) is 1.52. The number of nitrogens with two attached hydrogens (primary N) is 1. The van der Waals surface area contributed by atoms with Crippen LogP contribution in [0.2, 0.25) is 0 Å². The molecule has 5 heteroatoms. The van der Waals surface area contributed by atoms with Crippen LogP contribution in [0.25, 0.3) is 0 Å². The zero-order valence-corrected chi connectivity index (χ0v) is 10.7. The molecule has 2 aromatic rings. The van der Waals surface area contributed by atoms with Gasteiger partial charge in [0.1, 0.15) is 0 Å². The van der Waals surface area contributed by atoms with Crippen LogP contribution in [-0.4, -0.2) is 17.3 Å². The fraction of sp³-hybridized carbons (Fsp3) is 0.0667. The first-order valence-electron chi connectivity index (χ1n) is 6.08. The summed E-state index contributed by atoms with van der Waals surface area (Å²) >= 11 is 0. The molecule has 2 aromatic carbocycles. The maximum atomic E-state index is 11.4. The molecular formula is C15H15N3O2. The maximum Gasteiger partial charge on any atom is 0.330 e. The van der Waals surface area contributed by atoms with E-state index in [1.165, 1.54) is 6.21 Å². The molecule has 0 bridgehead atoms. The van der Waals surface area contributed by atoms with Crippen molar-refractivity contribution in [2.45, 2.75) is 6.04 Å². The van der Waals surface area contributed by atoms with Crippen molar-refractivity contribution in [2.24, 2.45) is 10.9 Å². The Morgan fingerprint density at radius 3 is 2.35 bits per heavy atom. The van der Waals surface area contributed by atoms with Crippen molar-refractivity contribution in [3.05, 3.63) is 65.7 Å². The molecular weight excluding hydrogens is 254 g/mol. The van der Waals surface area contributed by atoms with Crippen LogP contribution in [0.15, 0.2) is 59.7 Å². The molecule has 0 aliphatic carbocycles. The first-order chi connectivity index (χ1) is 9.70. The normalized spacial score (nSPS) is 12.2.